The molecule has 0 fully saturated rings. The Hall–Kier alpha value is -3.00. The van der Waals surface area contributed by atoms with E-state index < -0.39 is 11.7 Å². The zero-order valence-corrected chi connectivity index (χ0v) is 17.8. The number of hydrogen-bond donors (Lipinski definition) is 2. The minimum Gasteiger partial charge on any atom is -0.444 e. The highest BCUT2D eigenvalue weighted by atomic mass is 32.1. The van der Waals surface area contributed by atoms with Crippen molar-refractivity contribution in [2.75, 3.05) is 10.6 Å². The molecule has 3 aromatic rings. The van der Waals surface area contributed by atoms with Crippen molar-refractivity contribution in [3.63, 3.8) is 0 Å². The van der Waals surface area contributed by atoms with E-state index in [0.717, 1.165) is 23.7 Å². The predicted molar refractivity (Wildman–Crippen MR) is 116 cm³/mol. The van der Waals surface area contributed by atoms with Crippen molar-refractivity contribution in [1.29, 1.82) is 0 Å². The third-order valence-electron chi connectivity index (χ3n) is 3.99. The van der Waals surface area contributed by atoms with E-state index in [-0.39, 0.29) is 0 Å². The number of anilines is 3. The van der Waals surface area contributed by atoms with Crippen LogP contribution in [0, 0.1) is 6.92 Å². The van der Waals surface area contributed by atoms with E-state index in [0.29, 0.717) is 5.82 Å². The van der Waals surface area contributed by atoms with Gasteiger partial charge >= 0.3 is 6.09 Å². The van der Waals surface area contributed by atoms with Gasteiger partial charge in [0, 0.05) is 29.2 Å². The van der Waals surface area contributed by atoms with E-state index in [1.54, 1.807) is 29.9 Å². The van der Waals surface area contributed by atoms with Crippen molar-refractivity contribution < 1.29 is 9.53 Å². The van der Waals surface area contributed by atoms with Gasteiger partial charge in [-0.05, 0) is 63.8 Å². The summed E-state index contributed by atoms with van der Waals surface area (Å²) in [5.74, 6) is 0.671. The number of nitrogens with zero attached hydrogens (tertiary/aromatic N) is 3. The van der Waals surface area contributed by atoms with Crippen LogP contribution < -0.4 is 10.6 Å². The van der Waals surface area contributed by atoms with Gasteiger partial charge in [0.1, 0.15) is 5.60 Å². The molecule has 3 rings (SSSR count). The molecule has 1 aromatic carbocycles. The third-order valence-corrected chi connectivity index (χ3v) is 4.96. The Labute approximate surface area is 174 Å². The van der Waals surface area contributed by atoms with E-state index >= 15 is 0 Å². The molecule has 0 saturated carbocycles. The van der Waals surface area contributed by atoms with E-state index in [4.69, 9.17) is 4.74 Å². The van der Waals surface area contributed by atoms with Crippen LogP contribution in [0.4, 0.5) is 21.4 Å². The van der Waals surface area contributed by atoms with Gasteiger partial charge in [-0.15, -0.1) is 11.3 Å². The SMILES string of the molecule is Cc1ccc(NC(=O)OC(C)(C)C)cc1CCc1cnc(Nc2cnccn2)s1. The summed E-state index contributed by atoms with van der Waals surface area (Å²) in [6, 6.07) is 5.90. The molecule has 152 valence electrons. The fourth-order valence-electron chi connectivity index (χ4n) is 2.65. The standard InChI is InChI=1S/C21H25N5O2S/c1-14-5-7-16(25-20(27)28-21(2,3)4)11-15(14)6-8-17-12-24-19(29-17)26-18-13-22-9-10-23-18/h5,7,9-13H,6,8H2,1-4H3,(H,25,27)(H,23,24,26). The number of rotatable bonds is 6. The maximum absolute atomic E-state index is 12.0. The van der Waals surface area contributed by atoms with E-state index in [1.807, 2.05) is 45.2 Å². The largest absolute Gasteiger partial charge is 0.444 e. The lowest BCUT2D eigenvalue weighted by molar-refractivity contribution is 0.0636. The van der Waals surface area contributed by atoms with Crippen molar-refractivity contribution in [3.8, 4) is 0 Å². The molecule has 0 aliphatic carbocycles. The number of carbonyl (C=O) groups is 1. The third kappa shape index (κ3) is 6.53. The van der Waals surface area contributed by atoms with Crippen LogP contribution in [0.25, 0.3) is 0 Å². The molecule has 0 saturated heterocycles. The first-order valence-corrected chi connectivity index (χ1v) is 10.2. The van der Waals surface area contributed by atoms with Crippen molar-refractivity contribution >= 4 is 34.1 Å². The monoisotopic (exact) mass is 411 g/mol. The molecule has 0 atom stereocenters. The normalized spacial score (nSPS) is 11.2. The zero-order valence-electron chi connectivity index (χ0n) is 17.0. The number of nitrogens with one attached hydrogen (secondary N) is 2. The van der Waals surface area contributed by atoms with Gasteiger partial charge in [-0.25, -0.2) is 14.8 Å². The summed E-state index contributed by atoms with van der Waals surface area (Å²) in [4.78, 5) is 25.8. The van der Waals surface area contributed by atoms with Crippen molar-refractivity contribution in [1.82, 2.24) is 15.0 Å². The molecule has 0 spiro atoms. The number of benzene rings is 1. The zero-order chi connectivity index (χ0) is 20.9. The predicted octanol–water partition coefficient (Wildman–Crippen LogP) is 5.12. The Morgan fingerprint density at radius 1 is 1.14 bits per heavy atom. The highest BCUT2D eigenvalue weighted by Crippen LogP contribution is 2.24. The summed E-state index contributed by atoms with van der Waals surface area (Å²) < 4.78 is 5.32. The van der Waals surface area contributed by atoms with E-state index in [1.165, 1.54) is 16.0 Å². The quantitative estimate of drug-likeness (QED) is 0.585. The smallest absolute Gasteiger partial charge is 0.412 e. The Morgan fingerprint density at radius 2 is 1.97 bits per heavy atom. The van der Waals surface area contributed by atoms with Gasteiger partial charge in [0.05, 0.1) is 6.20 Å². The molecular weight excluding hydrogens is 386 g/mol. The average molecular weight is 412 g/mol. The number of ether oxygens (including phenoxy) is 1. The lowest BCUT2D eigenvalue weighted by Crippen LogP contribution is -2.27. The molecule has 0 radical (unpaired) electrons. The Morgan fingerprint density at radius 3 is 2.69 bits per heavy atom. The fourth-order valence-corrected chi connectivity index (χ4v) is 3.47. The number of carbonyl (C=O) groups excluding carboxylic acids is 1. The lowest BCUT2D eigenvalue weighted by Gasteiger charge is -2.20. The van der Waals surface area contributed by atoms with Crippen LogP contribution in [0.2, 0.25) is 0 Å². The van der Waals surface area contributed by atoms with Crippen molar-refractivity contribution in [2.45, 2.75) is 46.1 Å². The van der Waals surface area contributed by atoms with Crippen LogP contribution in [0.3, 0.4) is 0 Å². The first-order chi connectivity index (χ1) is 13.8. The molecule has 0 aliphatic heterocycles. The minimum absolute atomic E-state index is 0.450. The molecule has 29 heavy (non-hydrogen) atoms. The summed E-state index contributed by atoms with van der Waals surface area (Å²) >= 11 is 1.59. The van der Waals surface area contributed by atoms with Crippen LogP contribution in [0.15, 0.2) is 43.0 Å². The van der Waals surface area contributed by atoms with Crippen LogP contribution in [0.1, 0.15) is 36.8 Å². The highest BCUT2D eigenvalue weighted by Gasteiger charge is 2.16. The molecule has 7 nitrogen and oxygen atoms in total. The summed E-state index contributed by atoms with van der Waals surface area (Å²) in [6.07, 6.45) is 8.06. The molecule has 0 bridgehead atoms. The number of thiazole rings is 1. The van der Waals surface area contributed by atoms with E-state index in [9.17, 15) is 4.79 Å². The topological polar surface area (TPSA) is 89.0 Å². The molecule has 1 amide bonds. The summed E-state index contributed by atoms with van der Waals surface area (Å²) in [6.45, 7) is 7.60. The highest BCUT2D eigenvalue weighted by molar-refractivity contribution is 7.15. The molecule has 0 aliphatic rings. The second-order valence-electron chi connectivity index (χ2n) is 7.62. The maximum Gasteiger partial charge on any atom is 0.412 e. The van der Waals surface area contributed by atoms with Crippen LogP contribution in [-0.2, 0) is 17.6 Å². The van der Waals surface area contributed by atoms with Crippen LogP contribution in [-0.4, -0.2) is 26.6 Å². The van der Waals surface area contributed by atoms with Gasteiger partial charge in [0.15, 0.2) is 10.9 Å². The Bertz CT molecular complexity index is 967. The van der Waals surface area contributed by atoms with Crippen molar-refractivity contribution in [3.05, 3.63) is 59.0 Å². The molecule has 2 heterocycles. The first kappa shape index (κ1) is 20.7. The Balaban J connectivity index is 1.60. The molecule has 0 unspecified atom stereocenters. The fraction of sp³-hybridized carbons (Fsp3) is 0.333. The number of hydrogen-bond acceptors (Lipinski definition) is 7. The average Bonchev–Trinajstić information content (AvgIpc) is 3.09. The van der Waals surface area contributed by atoms with Crippen LogP contribution in [0.5, 0.6) is 0 Å². The lowest BCUT2D eigenvalue weighted by atomic mass is 10.0. The second-order valence-corrected chi connectivity index (χ2v) is 8.73. The van der Waals surface area contributed by atoms with Gasteiger partial charge in [0.25, 0.3) is 0 Å². The second kappa shape index (κ2) is 9.00. The Kier molecular flexibility index (Phi) is 6.43. The van der Waals surface area contributed by atoms with Gasteiger partial charge in [-0.1, -0.05) is 6.07 Å². The summed E-state index contributed by atoms with van der Waals surface area (Å²) in [5.41, 5.74) is 2.56. The van der Waals surface area contributed by atoms with Gasteiger partial charge < -0.3 is 10.1 Å². The molecule has 8 heteroatoms. The van der Waals surface area contributed by atoms with Gasteiger partial charge in [-0.3, -0.25) is 10.3 Å². The van der Waals surface area contributed by atoms with Crippen molar-refractivity contribution in [2.24, 2.45) is 0 Å². The molecule has 2 N–H and O–H groups in total. The van der Waals surface area contributed by atoms with Crippen LogP contribution >= 0.6 is 11.3 Å². The maximum atomic E-state index is 12.0. The number of amides is 1. The summed E-state index contributed by atoms with van der Waals surface area (Å²) in [5, 5.41) is 6.75. The number of aryl methyl sites for hydroxylation is 3. The summed E-state index contributed by atoms with van der Waals surface area (Å²) in [7, 11) is 0. The van der Waals surface area contributed by atoms with E-state index in [2.05, 4.69) is 32.5 Å². The first-order valence-electron chi connectivity index (χ1n) is 9.36. The van der Waals surface area contributed by atoms with Gasteiger partial charge in [-0.2, -0.15) is 0 Å². The van der Waals surface area contributed by atoms with Gasteiger partial charge in [0.2, 0.25) is 0 Å². The minimum atomic E-state index is -0.527. The molecular formula is C21H25N5O2S. The number of aromatic nitrogens is 3. The molecule has 2 aromatic heterocycles.